The lowest BCUT2D eigenvalue weighted by atomic mass is 10.4. The Kier molecular flexibility index (Phi) is 3.55. The second-order valence-electron chi connectivity index (χ2n) is 4.49. The average molecular weight is 249 g/mol. The highest BCUT2D eigenvalue weighted by atomic mass is 16.3. The molecule has 6 heteroatoms. The molecule has 0 spiro atoms. The van der Waals surface area contributed by atoms with E-state index in [9.17, 15) is 0 Å². The van der Waals surface area contributed by atoms with E-state index in [0.29, 0.717) is 6.54 Å². The number of guanidine groups is 2. The molecule has 0 saturated carbocycles. The average Bonchev–Trinajstić information content (AvgIpc) is 2.80. The Labute approximate surface area is 107 Å². The van der Waals surface area contributed by atoms with Crippen LogP contribution in [0.3, 0.4) is 0 Å². The lowest BCUT2D eigenvalue weighted by Crippen LogP contribution is -2.49. The molecule has 6 nitrogen and oxygen atoms in total. The zero-order valence-corrected chi connectivity index (χ0v) is 11.2. The van der Waals surface area contributed by atoms with Crippen molar-refractivity contribution in [2.75, 3.05) is 21.1 Å². The van der Waals surface area contributed by atoms with Gasteiger partial charge in [-0.25, -0.2) is 9.98 Å². The molecule has 1 aliphatic rings. The molecule has 1 atom stereocenters. The fourth-order valence-corrected chi connectivity index (χ4v) is 1.68. The predicted octanol–water partition coefficient (Wildman–Crippen LogP) is 0.934. The Morgan fingerprint density at radius 3 is 2.61 bits per heavy atom. The van der Waals surface area contributed by atoms with Crippen molar-refractivity contribution >= 4 is 11.9 Å². The van der Waals surface area contributed by atoms with Gasteiger partial charge in [-0.15, -0.1) is 0 Å². The van der Waals surface area contributed by atoms with Crippen LogP contribution in [0.25, 0.3) is 0 Å². The first-order chi connectivity index (χ1) is 8.56. The van der Waals surface area contributed by atoms with E-state index in [0.717, 1.165) is 17.7 Å². The first kappa shape index (κ1) is 12.5. The third-order valence-electron chi connectivity index (χ3n) is 2.60. The molecule has 1 aromatic heterocycles. The van der Waals surface area contributed by atoms with Crippen LogP contribution in [0.1, 0.15) is 12.7 Å². The smallest absolute Gasteiger partial charge is 0.203 e. The maximum Gasteiger partial charge on any atom is 0.203 e. The summed E-state index contributed by atoms with van der Waals surface area (Å²) in [5, 5.41) is 3.21. The molecule has 1 unspecified atom stereocenters. The van der Waals surface area contributed by atoms with Crippen LogP contribution in [-0.4, -0.2) is 49.0 Å². The van der Waals surface area contributed by atoms with E-state index in [1.807, 2.05) is 50.0 Å². The first-order valence-electron chi connectivity index (χ1n) is 5.89. The van der Waals surface area contributed by atoms with Gasteiger partial charge in [-0.2, -0.15) is 0 Å². The number of nitrogens with one attached hydrogen (secondary N) is 1. The molecule has 0 saturated heterocycles. The number of hydrogen-bond acceptors (Lipinski definition) is 6. The molecular weight excluding hydrogens is 230 g/mol. The van der Waals surface area contributed by atoms with Gasteiger partial charge in [0.1, 0.15) is 11.9 Å². The van der Waals surface area contributed by atoms with Crippen molar-refractivity contribution in [2.45, 2.75) is 19.6 Å². The number of nitrogens with zero attached hydrogens (tertiary/aromatic N) is 4. The van der Waals surface area contributed by atoms with Crippen LogP contribution < -0.4 is 5.32 Å². The topological polar surface area (TPSA) is 56.4 Å². The van der Waals surface area contributed by atoms with Gasteiger partial charge in [0, 0.05) is 21.1 Å². The van der Waals surface area contributed by atoms with Gasteiger partial charge >= 0.3 is 0 Å². The van der Waals surface area contributed by atoms with Crippen molar-refractivity contribution in [1.29, 1.82) is 0 Å². The van der Waals surface area contributed by atoms with Crippen molar-refractivity contribution in [3.05, 3.63) is 24.2 Å². The largest absolute Gasteiger partial charge is 0.467 e. The van der Waals surface area contributed by atoms with E-state index < -0.39 is 0 Å². The van der Waals surface area contributed by atoms with E-state index in [1.165, 1.54) is 0 Å². The van der Waals surface area contributed by atoms with Gasteiger partial charge in [-0.1, -0.05) is 0 Å². The van der Waals surface area contributed by atoms with Crippen molar-refractivity contribution < 1.29 is 4.42 Å². The third-order valence-corrected chi connectivity index (χ3v) is 2.60. The quantitative estimate of drug-likeness (QED) is 0.847. The summed E-state index contributed by atoms with van der Waals surface area (Å²) in [5.41, 5.74) is 0. The maximum absolute atomic E-state index is 5.33. The first-order valence-corrected chi connectivity index (χ1v) is 5.89. The SMILES string of the molecule is CC1N=C(N(C)C)NC(N(C)Cc2ccco2)=N1. The van der Waals surface area contributed by atoms with Crippen molar-refractivity contribution in [1.82, 2.24) is 15.1 Å². The second-order valence-corrected chi connectivity index (χ2v) is 4.49. The highest BCUT2D eigenvalue weighted by Crippen LogP contribution is 2.07. The molecule has 2 rings (SSSR count). The molecular formula is C12H19N5O. The molecule has 2 heterocycles. The van der Waals surface area contributed by atoms with Gasteiger partial charge in [0.2, 0.25) is 11.9 Å². The minimum absolute atomic E-state index is 0.0716. The monoisotopic (exact) mass is 249 g/mol. The van der Waals surface area contributed by atoms with Gasteiger partial charge in [0.15, 0.2) is 0 Å². The minimum atomic E-state index is -0.0716. The van der Waals surface area contributed by atoms with Gasteiger partial charge < -0.3 is 14.2 Å². The van der Waals surface area contributed by atoms with Gasteiger partial charge in [0.25, 0.3) is 0 Å². The molecule has 0 fully saturated rings. The van der Waals surface area contributed by atoms with E-state index >= 15 is 0 Å². The molecule has 98 valence electrons. The van der Waals surface area contributed by atoms with E-state index in [4.69, 9.17) is 4.42 Å². The summed E-state index contributed by atoms with van der Waals surface area (Å²) in [7, 11) is 5.88. The van der Waals surface area contributed by atoms with E-state index in [2.05, 4.69) is 15.3 Å². The number of hydrogen-bond donors (Lipinski definition) is 1. The van der Waals surface area contributed by atoms with Crippen LogP contribution >= 0.6 is 0 Å². The molecule has 0 radical (unpaired) electrons. The molecule has 1 N–H and O–H groups in total. The highest BCUT2D eigenvalue weighted by Gasteiger charge is 2.18. The Morgan fingerprint density at radius 1 is 1.28 bits per heavy atom. The van der Waals surface area contributed by atoms with Crippen molar-refractivity contribution in [3.63, 3.8) is 0 Å². The summed E-state index contributed by atoms with van der Waals surface area (Å²) in [6.45, 7) is 2.64. The van der Waals surface area contributed by atoms with Crippen LogP contribution in [0, 0.1) is 0 Å². The zero-order chi connectivity index (χ0) is 13.1. The minimum Gasteiger partial charge on any atom is -0.467 e. The summed E-state index contributed by atoms with van der Waals surface area (Å²) in [6.07, 6.45) is 1.60. The summed E-state index contributed by atoms with van der Waals surface area (Å²) in [5.74, 6) is 2.53. The molecule has 0 amide bonds. The summed E-state index contributed by atoms with van der Waals surface area (Å²) in [6, 6.07) is 3.83. The number of aliphatic imine (C=N–C) groups is 2. The highest BCUT2D eigenvalue weighted by molar-refractivity contribution is 5.99. The fourth-order valence-electron chi connectivity index (χ4n) is 1.68. The van der Waals surface area contributed by atoms with Crippen LogP contribution in [0.4, 0.5) is 0 Å². The van der Waals surface area contributed by atoms with Crippen LogP contribution in [0.5, 0.6) is 0 Å². The Bertz CT molecular complexity index is 449. The van der Waals surface area contributed by atoms with Crippen LogP contribution in [-0.2, 0) is 6.54 Å². The lowest BCUT2D eigenvalue weighted by molar-refractivity contribution is 0.399. The third kappa shape index (κ3) is 2.82. The lowest BCUT2D eigenvalue weighted by Gasteiger charge is -2.28. The Balaban J connectivity index is 2.04. The second kappa shape index (κ2) is 5.12. The molecule has 1 aromatic rings. The standard InChI is InChI=1S/C12H19N5O/c1-9-13-11(16(2)3)15-12(14-9)17(4)8-10-6-5-7-18-10/h5-7,9H,8H2,1-4H3,(H,13,14,15). The zero-order valence-electron chi connectivity index (χ0n) is 11.2. The van der Waals surface area contributed by atoms with Gasteiger partial charge in [0.05, 0.1) is 12.8 Å². The molecule has 0 aromatic carbocycles. The van der Waals surface area contributed by atoms with Crippen LogP contribution in [0.15, 0.2) is 32.8 Å². The van der Waals surface area contributed by atoms with Gasteiger partial charge in [-0.05, 0) is 19.1 Å². The molecule has 1 aliphatic heterocycles. The maximum atomic E-state index is 5.33. The summed E-state index contributed by atoms with van der Waals surface area (Å²) in [4.78, 5) is 12.8. The predicted molar refractivity (Wildman–Crippen MR) is 71.3 cm³/mol. The Hall–Kier alpha value is -1.98. The normalized spacial score (nSPS) is 18.8. The van der Waals surface area contributed by atoms with E-state index in [1.54, 1.807) is 6.26 Å². The number of rotatable bonds is 2. The molecule has 18 heavy (non-hydrogen) atoms. The van der Waals surface area contributed by atoms with Crippen LogP contribution in [0.2, 0.25) is 0 Å². The van der Waals surface area contributed by atoms with Crippen molar-refractivity contribution in [3.8, 4) is 0 Å². The molecule has 0 aliphatic carbocycles. The number of furan rings is 1. The molecule has 0 bridgehead atoms. The fraction of sp³-hybridized carbons (Fsp3) is 0.500. The van der Waals surface area contributed by atoms with Gasteiger partial charge in [-0.3, -0.25) is 5.32 Å². The van der Waals surface area contributed by atoms with E-state index in [-0.39, 0.29) is 6.17 Å². The summed E-state index contributed by atoms with van der Waals surface area (Å²) < 4.78 is 5.33. The summed E-state index contributed by atoms with van der Waals surface area (Å²) >= 11 is 0. The van der Waals surface area contributed by atoms with Crippen molar-refractivity contribution in [2.24, 2.45) is 9.98 Å². The Morgan fingerprint density at radius 2 is 2.00 bits per heavy atom.